The van der Waals surface area contributed by atoms with E-state index in [0.717, 1.165) is 5.56 Å². The highest BCUT2D eigenvalue weighted by Crippen LogP contribution is 2.20. The van der Waals surface area contributed by atoms with Crippen LogP contribution >= 0.6 is 0 Å². The number of carbonyl (C=O) groups excluding carboxylic acids is 1. The maximum Gasteiger partial charge on any atom is 0.231 e. The fraction of sp³-hybridized carbons (Fsp3) is 0.429. The van der Waals surface area contributed by atoms with E-state index in [-0.39, 0.29) is 11.8 Å². The van der Waals surface area contributed by atoms with Gasteiger partial charge < -0.3 is 9.64 Å². The Labute approximate surface area is 107 Å². The Bertz CT molecular complexity index is 453. The van der Waals surface area contributed by atoms with Gasteiger partial charge in [0.1, 0.15) is 6.04 Å². The molecule has 0 aliphatic carbocycles. The summed E-state index contributed by atoms with van der Waals surface area (Å²) in [5.41, 5.74) is 0.977. The van der Waals surface area contributed by atoms with E-state index in [1.54, 1.807) is 4.90 Å². The Morgan fingerprint density at radius 1 is 1.50 bits per heavy atom. The van der Waals surface area contributed by atoms with E-state index < -0.39 is 6.04 Å². The van der Waals surface area contributed by atoms with E-state index in [0.29, 0.717) is 19.8 Å². The lowest BCUT2D eigenvalue weighted by Gasteiger charge is -2.33. The molecule has 1 amide bonds. The standard InChI is InChI=1S/C14H16N2O2/c1-11(12-5-3-2-4-6-12)14(17)16-7-8-18-10-13(16)9-15/h2-6,11,13H,7-8,10H2,1H3/t11-,13-/m0/s1. The molecule has 1 aliphatic rings. The number of nitriles is 1. The van der Waals surface area contributed by atoms with Gasteiger partial charge in [0.15, 0.2) is 0 Å². The zero-order valence-corrected chi connectivity index (χ0v) is 10.4. The second-order valence-corrected chi connectivity index (χ2v) is 4.38. The van der Waals surface area contributed by atoms with E-state index in [2.05, 4.69) is 6.07 Å². The van der Waals surface area contributed by atoms with Crippen LogP contribution < -0.4 is 0 Å². The summed E-state index contributed by atoms with van der Waals surface area (Å²) in [6, 6.07) is 11.3. The first-order valence-corrected chi connectivity index (χ1v) is 6.07. The molecule has 0 unspecified atom stereocenters. The maximum absolute atomic E-state index is 12.4. The summed E-state index contributed by atoms with van der Waals surface area (Å²) < 4.78 is 5.22. The molecule has 4 nitrogen and oxygen atoms in total. The second kappa shape index (κ2) is 5.65. The number of hydrogen-bond acceptors (Lipinski definition) is 3. The zero-order chi connectivity index (χ0) is 13.0. The normalized spacial score (nSPS) is 21.1. The summed E-state index contributed by atoms with van der Waals surface area (Å²) in [6.45, 7) is 3.19. The van der Waals surface area contributed by atoms with Gasteiger partial charge in [0, 0.05) is 6.54 Å². The van der Waals surface area contributed by atoms with Crippen LogP contribution in [-0.2, 0) is 9.53 Å². The van der Waals surface area contributed by atoms with Crippen LogP contribution in [0.2, 0.25) is 0 Å². The van der Waals surface area contributed by atoms with Gasteiger partial charge in [-0.15, -0.1) is 0 Å². The third-order valence-corrected chi connectivity index (χ3v) is 3.23. The molecule has 94 valence electrons. The van der Waals surface area contributed by atoms with Gasteiger partial charge in [0.25, 0.3) is 0 Å². The zero-order valence-electron chi connectivity index (χ0n) is 10.4. The molecule has 0 N–H and O–H groups in total. The van der Waals surface area contributed by atoms with Crippen molar-refractivity contribution in [1.29, 1.82) is 5.26 Å². The molecule has 4 heteroatoms. The van der Waals surface area contributed by atoms with Crippen molar-refractivity contribution in [2.45, 2.75) is 18.9 Å². The number of ether oxygens (including phenoxy) is 1. The van der Waals surface area contributed by atoms with Gasteiger partial charge in [0.2, 0.25) is 5.91 Å². The number of amides is 1. The molecule has 0 radical (unpaired) electrons. The van der Waals surface area contributed by atoms with E-state index in [9.17, 15) is 4.79 Å². The van der Waals surface area contributed by atoms with Crippen LogP contribution in [0.3, 0.4) is 0 Å². The highest BCUT2D eigenvalue weighted by atomic mass is 16.5. The predicted octanol–water partition coefficient (Wildman–Crippen LogP) is 1.54. The summed E-state index contributed by atoms with van der Waals surface area (Å²) in [4.78, 5) is 14.0. The van der Waals surface area contributed by atoms with Gasteiger partial charge in [-0.1, -0.05) is 30.3 Å². The van der Waals surface area contributed by atoms with Crippen molar-refractivity contribution >= 4 is 5.91 Å². The smallest absolute Gasteiger partial charge is 0.231 e. The van der Waals surface area contributed by atoms with Gasteiger partial charge >= 0.3 is 0 Å². The number of rotatable bonds is 2. The van der Waals surface area contributed by atoms with E-state index >= 15 is 0 Å². The molecule has 18 heavy (non-hydrogen) atoms. The van der Waals surface area contributed by atoms with Crippen LogP contribution in [0.25, 0.3) is 0 Å². The molecule has 1 aliphatic heterocycles. The molecule has 0 aromatic heterocycles. The number of benzene rings is 1. The van der Waals surface area contributed by atoms with Gasteiger partial charge in [-0.05, 0) is 12.5 Å². The van der Waals surface area contributed by atoms with E-state index in [1.807, 2.05) is 37.3 Å². The third-order valence-electron chi connectivity index (χ3n) is 3.23. The second-order valence-electron chi connectivity index (χ2n) is 4.38. The largest absolute Gasteiger partial charge is 0.376 e. The van der Waals surface area contributed by atoms with Crippen molar-refractivity contribution in [3.63, 3.8) is 0 Å². The van der Waals surface area contributed by atoms with Crippen LogP contribution in [-0.4, -0.2) is 36.6 Å². The molecule has 1 heterocycles. The first kappa shape index (κ1) is 12.6. The number of hydrogen-bond donors (Lipinski definition) is 0. The lowest BCUT2D eigenvalue weighted by Crippen LogP contribution is -2.49. The third kappa shape index (κ3) is 2.52. The first-order valence-electron chi connectivity index (χ1n) is 6.07. The van der Waals surface area contributed by atoms with Crippen molar-refractivity contribution in [3.8, 4) is 6.07 Å². The average Bonchev–Trinajstić information content (AvgIpc) is 2.46. The topological polar surface area (TPSA) is 53.3 Å². The highest BCUT2D eigenvalue weighted by Gasteiger charge is 2.30. The van der Waals surface area contributed by atoms with Crippen LogP contribution in [0.1, 0.15) is 18.4 Å². The van der Waals surface area contributed by atoms with Crippen molar-refractivity contribution in [2.24, 2.45) is 0 Å². The quantitative estimate of drug-likeness (QED) is 0.793. The van der Waals surface area contributed by atoms with E-state index in [4.69, 9.17) is 10.00 Å². The molecule has 1 aromatic rings. The van der Waals surface area contributed by atoms with Gasteiger partial charge in [0.05, 0.1) is 25.2 Å². The number of nitrogens with zero attached hydrogens (tertiary/aromatic N) is 2. The SMILES string of the molecule is C[C@H](C(=O)N1CCOC[C@@H]1C#N)c1ccccc1. The Morgan fingerprint density at radius 2 is 2.22 bits per heavy atom. The summed E-state index contributed by atoms with van der Waals surface area (Å²) in [5.74, 6) is -0.226. The molecular weight excluding hydrogens is 228 g/mol. The highest BCUT2D eigenvalue weighted by molar-refractivity contribution is 5.84. The maximum atomic E-state index is 12.4. The molecular formula is C14H16N2O2. The monoisotopic (exact) mass is 244 g/mol. The fourth-order valence-corrected chi connectivity index (χ4v) is 2.11. The Balaban J connectivity index is 2.13. The average molecular weight is 244 g/mol. The summed E-state index contributed by atoms with van der Waals surface area (Å²) in [7, 11) is 0. The number of carbonyl (C=O) groups is 1. The fourth-order valence-electron chi connectivity index (χ4n) is 2.11. The summed E-state index contributed by atoms with van der Waals surface area (Å²) in [5, 5.41) is 9.04. The van der Waals surface area contributed by atoms with E-state index in [1.165, 1.54) is 0 Å². The lowest BCUT2D eigenvalue weighted by molar-refractivity contribution is -0.139. The van der Waals surface area contributed by atoms with Crippen molar-refractivity contribution in [3.05, 3.63) is 35.9 Å². The van der Waals surface area contributed by atoms with Crippen molar-refractivity contribution < 1.29 is 9.53 Å². The van der Waals surface area contributed by atoms with Gasteiger partial charge in [-0.3, -0.25) is 4.79 Å². The predicted molar refractivity (Wildman–Crippen MR) is 66.8 cm³/mol. The first-order chi connectivity index (χ1) is 8.74. The molecule has 2 rings (SSSR count). The molecule has 2 atom stereocenters. The minimum atomic E-state index is -0.461. The molecule has 1 aromatic carbocycles. The molecule has 1 fully saturated rings. The van der Waals surface area contributed by atoms with Crippen LogP contribution in [0.15, 0.2) is 30.3 Å². The van der Waals surface area contributed by atoms with Crippen LogP contribution in [0.5, 0.6) is 0 Å². The van der Waals surface area contributed by atoms with Gasteiger partial charge in [-0.25, -0.2) is 0 Å². The minimum absolute atomic E-state index is 0.00366. The minimum Gasteiger partial charge on any atom is -0.376 e. The summed E-state index contributed by atoms with van der Waals surface area (Å²) >= 11 is 0. The molecule has 0 spiro atoms. The van der Waals surface area contributed by atoms with Crippen molar-refractivity contribution in [1.82, 2.24) is 4.90 Å². The van der Waals surface area contributed by atoms with Crippen molar-refractivity contribution in [2.75, 3.05) is 19.8 Å². The Hall–Kier alpha value is -1.86. The Kier molecular flexibility index (Phi) is 3.96. The summed E-state index contributed by atoms with van der Waals surface area (Å²) in [6.07, 6.45) is 0. The molecule has 1 saturated heterocycles. The lowest BCUT2D eigenvalue weighted by atomic mass is 9.99. The molecule has 0 saturated carbocycles. The van der Waals surface area contributed by atoms with Gasteiger partial charge in [-0.2, -0.15) is 5.26 Å². The molecule has 0 bridgehead atoms. The number of morpholine rings is 1. The Morgan fingerprint density at radius 3 is 2.89 bits per heavy atom. The van der Waals surface area contributed by atoms with Crippen LogP contribution in [0.4, 0.5) is 0 Å². The van der Waals surface area contributed by atoms with Crippen LogP contribution in [0, 0.1) is 11.3 Å².